The Balaban J connectivity index is 1.82. The number of morpholine rings is 1. The van der Waals surface area contributed by atoms with E-state index >= 15 is 0 Å². The van der Waals surface area contributed by atoms with Crippen molar-refractivity contribution in [3.05, 3.63) is 73.7 Å². The van der Waals surface area contributed by atoms with Crippen LogP contribution in [0.5, 0.6) is 0 Å². The lowest BCUT2D eigenvalue weighted by atomic mass is 9.95. The standard InChI is InChI=1S/C26H28BrFN4O6S/c1-4-38-26(35)21-19(11-32-7-8-37-12-20(32)25(33)34)30-23(24-29-16(13-39-24)9-14(2)36-3)31-22(21)17-6-5-15(28)10-18(17)27/h5-6,10,13,20,22H,2,4,7-9,11-12H2,1,3H3,(H,30,31)(H,33,34)/t20-,22?/m0/s1. The molecule has 0 bridgehead atoms. The predicted octanol–water partition coefficient (Wildman–Crippen LogP) is 3.44. The summed E-state index contributed by atoms with van der Waals surface area (Å²) in [5.74, 6) is -1.15. The molecule has 39 heavy (non-hydrogen) atoms. The second kappa shape index (κ2) is 12.8. The van der Waals surface area contributed by atoms with Crippen LogP contribution in [0.3, 0.4) is 0 Å². The van der Waals surface area contributed by atoms with E-state index in [-0.39, 0.29) is 25.3 Å². The molecule has 1 saturated heterocycles. The van der Waals surface area contributed by atoms with Crippen molar-refractivity contribution in [2.45, 2.75) is 25.4 Å². The number of methoxy groups -OCH3 is 1. The number of aromatic nitrogens is 1. The van der Waals surface area contributed by atoms with Crippen LogP contribution in [0.4, 0.5) is 4.39 Å². The van der Waals surface area contributed by atoms with Crippen LogP contribution in [0, 0.1) is 5.82 Å². The molecule has 1 aromatic heterocycles. The summed E-state index contributed by atoms with van der Waals surface area (Å²) in [6.45, 7) is 6.45. The van der Waals surface area contributed by atoms with Gasteiger partial charge in [-0.15, -0.1) is 11.3 Å². The maximum absolute atomic E-state index is 14.0. The van der Waals surface area contributed by atoms with Crippen LogP contribution in [0.25, 0.3) is 0 Å². The Bertz CT molecular complexity index is 1330. The SMILES string of the molecule is C=C(Cc1csc(C2=NC(c3ccc(F)cc3Br)C(C(=O)OCC)=C(CN3CCOC[C@H]3C(=O)O)N2)n1)OC. The first-order valence-electron chi connectivity index (χ1n) is 12.1. The molecular weight excluding hydrogens is 595 g/mol. The smallest absolute Gasteiger partial charge is 0.338 e. The minimum Gasteiger partial charge on any atom is -0.501 e. The first-order valence-corrected chi connectivity index (χ1v) is 13.8. The number of benzene rings is 1. The van der Waals surface area contributed by atoms with Gasteiger partial charge in [0.25, 0.3) is 0 Å². The summed E-state index contributed by atoms with van der Waals surface area (Å²) in [5.41, 5.74) is 1.89. The van der Waals surface area contributed by atoms with Gasteiger partial charge in [0, 0.05) is 35.1 Å². The summed E-state index contributed by atoms with van der Waals surface area (Å²) >= 11 is 4.76. The number of allylic oxidation sites excluding steroid dienone is 1. The van der Waals surface area contributed by atoms with Gasteiger partial charge in [-0.25, -0.2) is 14.2 Å². The zero-order chi connectivity index (χ0) is 28.1. The molecule has 2 aliphatic heterocycles. The summed E-state index contributed by atoms with van der Waals surface area (Å²) in [7, 11) is 1.54. The lowest BCUT2D eigenvalue weighted by molar-refractivity contribution is -0.149. The molecule has 1 aromatic carbocycles. The topological polar surface area (TPSA) is 123 Å². The quantitative estimate of drug-likeness (QED) is 0.303. The Kier molecular flexibility index (Phi) is 9.49. The number of hydrogen-bond acceptors (Lipinski definition) is 10. The van der Waals surface area contributed by atoms with E-state index < -0.39 is 29.8 Å². The van der Waals surface area contributed by atoms with Crippen LogP contribution < -0.4 is 5.32 Å². The van der Waals surface area contributed by atoms with Gasteiger partial charge in [0.1, 0.15) is 17.9 Å². The molecule has 0 saturated carbocycles. The van der Waals surface area contributed by atoms with Crippen molar-refractivity contribution < 1.29 is 33.3 Å². The minimum absolute atomic E-state index is 0.0183. The minimum atomic E-state index is -1.03. The van der Waals surface area contributed by atoms with E-state index in [4.69, 9.17) is 19.2 Å². The fourth-order valence-electron chi connectivity index (χ4n) is 4.26. The molecule has 4 rings (SSSR count). The van der Waals surface area contributed by atoms with E-state index in [0.29, 0.717) is 51.9 Å². The Morgan fingerprint density at radius 2 is 2.21 bits per heavy atom. The summed E-state index contributed by atoms with van der Waals surface area (Å²) < 4.78 is 30.4. The van der Waals surface area contributed by atoms with Crippen molar-refractivity contribution >= 4 is 45.0 Å². The normalized spacial score (nSPS) is 19.7. The van der Waals surface area contributed by atoms with E-state index in [1.807, 2.05) is 5.38 Å². The average molecular weight is 624 g/mol. The zero-order valence-electron chi connectivity index (χ0n) is 21.4. The number of thiazole rings is 1. The van der Waals surface area contributed by atoms with Crippen molar-refractivity contribution in [3.8, 4) is 0 Å². The van der Waals surface area contributed by atoms with Gasteiger partial charge >= 0.3 is 11.9 Å². The van der Waals surface area contributed by atoms with Crippen LogP contribution in [-0.2, 0) is 30.2 Å². The van der Waals surface area contributed by atoms with Gasteiger partial charge in [-0.2, -0.15) is 0 Å². The number of halogens is 2. The number of carboxylic acid groups (broad SMARTS) is 1. The van der Waals surface area contributed by atoms with Crippen molar-refractivity contribution in [3.63, 3.8) is 0 Å². The Labute approximate surface area is 237 Å². The number of rotatable bonds is 10. The molecule has 13 heteroatoms. The number of carbonyl (C=O) groups is 2. The fraction of sp³-hybridized carbons (Fsp3) is 0.385. The highest BCUT2D eigenvalue weighted by molar-refractivity contribution is 9.10. The van der Waals surface area contributed by atoms with Gasteiger partial charge < -0.3 is 24.6 Å². The van der Waals surface area contributed by atoms with E-state index in [0.717, 1.165) is 5.69 Å². The maximum Gasteiger partial charge on any atom is 0.338 e. The summed E-state index contributed by atoms with van der Waals surface area (Å²) in [4.78, 5) is 36.5. The van der Waals surface area contributed by atoms with Gasteiger partial charge in [0.2, 0.25) is 0 Å². The molecule has 0 radical (unpaired) electrons. The van der Waals surface area contributed by atoms with Gasteiger partial charge in [-0.05, 0) is 24.6 Å². The van der Waals surface area contributed by atoms with Crippen molar-refractivity contribution in [1.29, 1.82) is 0 Å². The number of aliphatic carboxylic acids is 1. The number of ether oxygens (including phenoxy) is 3. The van der Waals surface area contributed by atoms with E-state index in [1.165, 1.54) is 30.6 Å². The molecule has 208 valence electrons. The number of esters is 1. The molecule has 10 nitrogen and oxygen atoms in total. The second-order valence-corrected chi connectivity index (χ2v) is 10.5. The highest BCUT2D eigenvalue weighted by atomic mass is 79.9. The molecule has 2 aromatic rings. The van der Waals surface area contributed by atoms with Crippen molar-refractivity contribution in [2.75, 3.05) is 40.0 Å². The van der Waals surface area contributed by atoms with Crippen LogP contribution in [0.15, 0.2) is 56.7 Å². The molecule has 2 aliphatic rings. The van der Waals surface area contributed by atoms with E-state index in [9.17, 15) is 19.1 Å². The molecule has 2 N–H and O–H groups in total. The van der Waals surface area contributed by atoms with E-state index in [1.54, 1.807) is 17.9 Å². The number of nitrogens with zero attached hydrogens (tertiary/aromatic N) is 3. The van der Waals surface area contributed by atoms with Gasteiger partial charge in [-0.1, -0.05) is 28.6 Å². The Hall–Kier alpha value is -3.13. The van der Waals surface area contributed by atoms with Gasteiger partial charge in [-0.3, -0.25) is 14.7 Å². The summed E-state index contributed by atoms with van der Waals surface area (Å²) in [5, 5.41) is 15.4. The number of nitrogens with one attached hydrogen (secondary N) is 1. The molecule has 0 amide bonds. The third-order valence-corrected chi connectivity index (χ3v) is 7.77. The predicted molar refractivity (Wildman–Crippen MR) is 146 cm³/mol. The third-order valence-electron chi connectivity index (χ3n) is 6.19. The zero-order valence-corrected chi connectivity index (χ0v) is 23.8. The highest BCUT2D eigenvalue weighted by Gasteiger charge is 2.37. The third kappa shape index (κ3) is 6.72. The number of hydrogen-bond donors (Lipinski definition) is 2. The molecule has 2 atom stereocenters. The van der Waals surface area contributed by atoms with Gasteiger partial charge in [0.05, 0.1) is 44.0 Å². The number of carboxylic acids is 1. The van der Waals surface area contributed by atoms with Crippen LogP contribution in [0.1, 0.15) is 29.2 Å². The number of carbonyl (C=O) groups excluding carboxylic acids is 1. The van der Waals surface area contributed by atoms with Crippen molar-refractivity contribution in [2.24, 2.45) is 4.99 Å². The highest BCUT2D eigenvalue weighted by Crippen LogP contribution is 2.37. The lowest BCUT2D eigenvalue weighted by Crippen LogP contribution is -2.52. The van der Waals surface area contributed by atoms with Crippen molar-refractivity contribution in [1.82, 2.24) is 15.2 Å². The summed E-state index contributed by atoms with van der Waals surface area (Å²) in [6, 6.07) is 2.37. The molecule has 0 spiro atoms. The molecule has 0 aliphatic carbocycles. The summed E-state index contributed by atoms with van der Waals surface area (Å²) in [6.07, 6.45) is 0.415. The van der Waals surface area contributed by atoms with E-state index in [2.05, 4.69) is 32.8 Å². The second-order valence-electron chi connectivity index (χ2n) is 8.75. The average Bonchev–Trinajstić information content (AvgIpc) is 3.37. The lowest BCUT2D eigenvalue weighted by Gasteiger charge is -2.35. The van der Waals surface area contributed by atoms with Gasteiger partial charge in [0.15, 0.2) is 10.8 Å². The Morgan fingerprint density at radius 1 is 1.41 bits per heavy atom. The number of aliphatic imine (C=N–C) groups is 1. The fourth-order valence-corrected chi connectivity index (χ4v) is 5.59. The largest absolute Gasteiger partial charge is 0.501 e. The monoisotopic (exact) mass is 622 g/mol. The van der Waals surface area contributed by atoms with Crippen LogP contribution >= 0.6 is 27.3 Å². The maximum atomic E-state index is 14.0. The van der Waals surface area contributed by atoms with Crippen LogP contribution in [-0.4, -0.2) is 78.8 Å². The molecule has 1 fully saturated rings. The van der Waals surface area contributed by atoms with Crippen LogP contribution in [0.2, 0.25) is 0 Å². The first-order chi connectivity index (χ1) is 18.7. The first kappa shape index (κ1) is 28.9. The molecule has 3 heterocycles. The molecular formula is C26H28BrFN4O6S. The Morgan fingerprint density at radius 3 is 2.90 bits per heavy atom. The number of amidine groups is 1. The molecule has 1 unspecified atom stereocenters.